The van der Waals surface area contributed by atoms with Crippen LogP contribution in [0, 0.1) is 17.8 Å². The van der Waals surface area contributed by atoms with Crippen LogP contribution >= 0.6 is 0 Å². The molecule has 3 heteroatoms. The van der Waals surface area contributed by atoms with Crippen molar-refractivity contribution in [2.75, 3.05) is 0 Å². The molecule has 22 heavy (non-hydrogen) atoms. The third-order valence-corrected chi connectivity index (χ3v) is 5.53. The van der Waals surface area contributed by atoms with Gasteiger partial charge in [-0.15, -0.1) is 0 Å². The number of aliphatic imine (C=N–C) groups is 1. The Kier molecular flexibility index (Phi) is 2.49. The molecule has 1 saturated carbocycles. The van der Waals surface area contributed by atoms with Gasteiger partial charge < -0.3 is 4.90 Å². The van der Waals surface area contributed by atoms with Crippen molar-refractivity contribution < 1.29 is 0 Å². The molecule has 110 valence electrons. The Morgan fingerprint density at radius 1 is 1.14 bits per heavy atom. The monoisotopic (exact) mass is 289 g/mol. The zero-order chi connectivity index (χ0) is 14.7. The predicted octanol–water partition coefficient (Wildman–Crippen LogP) is 3.50. The van der Waals surface area contributed by atoms with E-state index in [0.29, 0.717) is 23.8 Å². The highest BCUT2D eigenvalue weighted by molar-refractivity contribution is 5.96. The summed E-state index contributed by atoms with van der Waals surface area (Å²) in [5.74, 6) is 2.95. The Bertz CT molecular complexity index is 728. The van der Waals surface area contributed by atoms with Crippen molar-refractivity contribution in [2.45, 2.75) is 25.4 Å². The molecule has 0 aromatic carbocycles. The summed E-state index contributed by atoms with van der Waals surface area (Å²) in [6, 6.07) is 6.91. The SMILES string of the molecule is CC1=CN2C(=NC(c3ccccn3)C3C4C=CC(C4)C32)C=C1. The lowest BCUT2D eigenvalue weighted by Gasteiger charge is -2.44. The quantitative estimate of drug-likeness (QED) is 0.740. The van der Waals surface area contributed by atoms with Crippen molar-refractivity contribution in [2.24, 2.45) is 22.7 Å². The van der Waals surface area contributed by atoms with Crippen molar-refractivity contribution in [1.29, 1.82) is 0 Å². The Labute approximate surface area is 130 Å². The van der Waals surface area contributed by atoms with Gasteiger partial charge in [-0.3, -0.25) is 9.98 Å². The lowest BCUT2D eigenvalue weighted by atomic mass is 9.79. The number of rotatable bonds is 1. The van der Waals surface area contributed by atoms with Gasteiger partial charge in [0.1, 0.15) is 5.84 Å². The van der Waals surface area contributed by atoms with Gasteiger partial charge in [0, 0.05) is 24.4 Å². The topological polar surface area (TPSA) is 28.5 Å². The average Bonchev–Trinajstić information content (AvgIpc) is 3.17. The van der Waals surface area contributed by atoms with Crippen LogP contribution in [0.15, 0.2) is 65.5 Å². The van der Waals surface area contributed by atoms with Crippen LogP contribution in [0.25, 0.3) is 0 Å². The molecule has 2 aliphatic carbocycles. The molecular weight excluding hydrogens is 270 g/mol. The Morgan fingerprint density at radius 2 is 2.05 bits per heavy atom. The molecule has 1 fully saturated rings. The standard InChI is InChI=1S/C19H19N3/c1-12-5-8-16-21-18(15-4-2-3-9-20-15)17-13-6-7-14(10-13)19(17)22(16)11-12/h2-9,11,13-14,17-19H,10H2,1H3. The molecule has 5 atom stereocenters. The van der Waals surface area contributed by atoms with E-state index in [-0.39, 0.29) is 6.04 Å². The minimum Gasteiger partial charge on any atom is -0.329 e. The van der Waals surface area contributed by atoms with Gasteiger partial charge >= 0.3 is 0 Å². The van der Waals surface area contributed by atoms with Crippen LogP contribution in [-0.4, -0.2) is 21.8 Å². The number of aromatic nitrogens is 1. The summed E-state index contributed by atoms with van der Waals surface area (Å²) in [5.41, 5.74) is 2.42. The maximum atomic E-state index is 5.08. The number of nitrogens with zero attached hydrogens (tertiary/aromatic N) is 3. The summed E-state index contributed by atoms with van der Waals surface area (Å²) in [5, 5.41) is 0. The fourth-order valence-electron chi connectivity index (χ4n) is 4.66. The lowest BCUT2D eigenvalue weighted by molar-refractivity contribution is 0.204. The molecule has 1 aromatic rings. The van der Waals surface area contributed by atoms with Crippen molar-refractivity contribution in [3.05, 3.63) is 66.2 Å². The van der Waals surface area contributed by atoms with E-state index in [0.717, 1.165) is 11.5 Å². The zero-order valence-electron chi connectivity index (χ0n) is 12.6. The minimum atomic E-state index is 0.189. The smallest absolute Gasteiger partial charge is 0.128 e. The molecule has 3 nitrogen and oxygen atoms in total. The van der Waals surface area contributed by atoms with Crippen LogP contribution < -0.4 is 0 Å². The summed E-state index contributed by atoms with van der Waals surface area (Å²) in [6.45, 7) is 2.16. The van der Waals surface area contributed by atoms with Gasteiger partial charge in [0.15, 0.2) is 0 Å². The van der Waals surface area contributed by atoms with Crippen molar-refractivity contribution >= 4 is 5.84 Å². The van der Waals surface area contributed by atoms with Crippen LogP contribution in [0.1, 0.15) is 25.1 Å². The summed E-state index contributed by atoms with van der Waals surface area (Å²) >= 11 is 0. The molecule has 0 saturated heterocycles. The van der Waals surface area contributed by atoms with Gasteiger partial charge in [-0.05, 0) is 49.0 Å². The molecule has 0 spiro atoms. The largest absolute Gasteiger partial charge is 0.329 e. The average molecular weight is 289 g/mol. The van der Waals surface area contributed by atoms with Crippen LogP contribution in [0.5, 0.6) is 0 Å². The van der Waals surface area contributed by atoms with E-state index in [1.807, 2.05) is 12.3 Å². The molecule has 0 amide bonds. The molecular formula is C19H19N3. The highest BCUT2D eigenvalue weighted by Crippen LogP contribution is 2.54. The highest BCUT2D eigenvalue weighted by Gasteiger charge is 2.53. The van der Waals surface area contributed by atoms with Gasteiger partial charge in [0.2, 0.25) is 0 Å². The van der Waals surface area contributed by atoms with Gasteiger partial charge in [-0.25, -0.2) is 0 Å². The van der Waals surface area contributed by atoms with Gasteiger partial charge in [0.25, 0.3) is 0 Å². The van der Waals surface area contributed by atoms with Crippen molar-refractivity contribution in [3.63, 3.8) is 0 Å². The summed E-state index contributed by atoms with van der Waals surface area (Å²) in [4.78, 5) is 12.1. The summed E-state index contributed by atoms with van der Waals surface area (Å²) in [6.07, 6.45) is 14.6. The van der Waals surface area contributed by atoms with E-state index in [9.17, 15) is 0 Å². The van der Waals surface area contributed by atoms with Crippen LogP contribution in [-0.2, 0) is 0 Å². The number of fused-ring (bicyclic) bond motifs is 7. The minimum absolute atomic E-state index is 0.189. The molecule has 1 aromatic heterocycles. The molecule has 0 N–H and O–H groups in total. The van der Waals surface area contributed by atoms with E-state index in [4.69, 9.17) is 4.99 Å². The number of hydrogen-bond acceptors (Lipinski definition) is 3. The fraction of sp³-hybridized carbons (Fsp3) is 0.368. The van der Waals surface area contributed by atoms with Gasteiger partial charge in [-0.2, -0.15) is 0 Å². The molecule has 5 unspecified atom stereocenters. The third-order valence-electron chi connectivity index (χ3n) is 5.53. The summed E-state index contributed by atoms with van der Waals surface area (Å²) < 4.78 is 0. The molecule has 3 heterocycles. The van der Waals surface area contributed by atoms with E-state index < -0.39 is 0 Å². The van der Waals surface area contributed by atoms with Crippen LogP contribution in [0.3, 0.4) is 0 Å². The van der Waals surface area contributed by atoms with Gasteiger partial charge in [-0.1, -0.05) is 24.3 Å². The molecule has 4 aliphatic rings. The Balaban J connectivity index is 1.66. The number of pyridine rings is 1. The van der Waals surface area contributed by atoms with E-state index in [1.54, 1.807) is 0 Å². The second-order valence-corrected chi connectivity index (χ2v) is 6.82. The van der Waals surface area contributed by atoms with Crippen LogP contribution in [0.2, 0.25) is 0 Å². The predicted molar refractivity (Wildman–Crippen MR) is 87.2 cm³/mol. The third kappa shape index (κ3) is 1.62. The maximum absolute atomic E-state index is 5.08. The number of allylic oxidation sites excluding steroid dienone is 3. The second-order valence-electron chi connectivity index (χ2n) is 6.82. The van der Waals surface area contributed by atoms with E-state index >= 15 is 0 Å². The second kappa shape index (κ2) is 4.42. The molecule has 2 aliphatic heterocycles. The lowest BCUT2D eigenvalue weighted by Crippen LogP contribution is -2.49. The highest BCUT2D eigenvalue weighted by atomic mass is 15.3. The normalized spacial score (nSPS) is 37.7. The van der Waals surface area contributed by atoms with E-state index in [1.165, 1.54) is 12.0 Å². The first-order valence-corrected chi connectivity index (χ1v) is 8.13. The Morgan fingerprint density at radius 3 is 2.91 bits per heavy atom. The van der Waals surface area contributed by atoms with Gasteiger partial charge in [0.05, 0.1) is 11.7 Å². The maximum Gasteiger partial charge on any atom is 0.128 e. The molecule has 5 rings (SSSR count). The Hall–Kier alpha value is -2.16. The molecule has 0 radical (unpaired) electrons. The van der Waals surface area contributed by atoms with E-state index in [2.05, 4.69) is 59.4 Å². The zero-order valence-corrected chi connectivity index (χ0v) is 12.6. The number of hydrogen-bond donors (Lipinski definition) is 0. The number of amidine groups is 1. The first kappa shape index (κ1) is 12.4. The fourth-order valence-corrected chi connectivity index (χ4v) is 4.66. The van der Waals surface area contributed by atoms with Crippen LogP contribution in [0.4, 0.5) is 0 Å². The first-order chi connectivity index (χ1) is 10.8. The van der Waals surface area contributed by atoms with Crippen molar-refractivity contribution in [1.82, 2.24) is 9.88 Å². The summed E-state index contributed by atoms with van der Waals surface area (Å²) in [7, 11) is 0. The van der Waals surface area contributed by atoms with Crippen molar-refractivity contribution in [3.8, 4) is 0 Å². The molecule has 2 bridgehead atoms. The first-order valence-electron chi connectivity index (χ1n) is 8.13.